The molecule has 4 aliphatic rings. The Morgan fingerprint density at radius 1 is 1.16 bits per heavy atom. The third kappa shape index (κ3) is 9.18. The third-order valence-electron chi connectivity index (χ3n) is 8.74. The maximum atomic E-state index is 6.01. The Morgan fingerprint density at radius 3 is 2.87 bits per heavy atom. The number of hydrogen-bond donors (Lipinski definition) is 0. The quantitative estimate of drug-likeness (QED) is 0.0745. The van der Waals surface area contributed by atoms with E-state index in [0.29, 0.717) is 5.92 Å². The van der Waals surface area contributed by atoms with Crippen molar-refractivity contribution in [3.63, 3.8) is 0 Å². The Hall–Kier alpha value is -3.20. The van der Waals surface area contributed by atoms with Crippen molar-refractivity contribution in [3.8, 4) is 5.75 Å². The Labute approximate surface area is 277 Å². The van der Waals surface area contributed by atoms with Gasteiger partial charge in [-0.3, -0.25) is 9.89 Å². The Kier molecular flexibility index (Phi) is 12.1. The molecule has 3 aliphatic heterocycles. The van der Waals surface area contributed by atoms with Gasteiger partial charge in [-0.25, -0.2) is 4.58 Å². The van der Waals surface area contributed by atoms with Crippen LogP contribution in [0.4, 0.5) is 5.69 Å². The van der Waals surface area contributed by atoms with Gasteiger partial charge in [0, 0.05) is 44.4 Å². The summed E-state index contributed by atoms with van der Waals surface area (Å²) in [6.45, 7) is 11.5. The average molecular weight is 644 g/mol. The summed E-state index contributed by atoms with van der Waals surface area (Å²) in [6.07, 6.45) is 27.9. The molecule has 0 amide bonds. The topological polar surface area (TPSA) is 40.3 Å². The fourth-order valence-corrected chi connectivity index (χ4v) is 7.42. The molecule has 0 N–H and O–H groups in total. The summed E-state index contributed by atoms with van der Waals surface area (Å²) in [6, 6.07) is 6.33. The number of likely N-dealkylation sites (N-methyl/N-ethyl adjacent to an activating group) is 2. The molecule has 2 atom stereocenters. The Morgan fingerprint density at radius 2 is 2.02 bits per heavy atom. The number of nitrogens with zero attached hydrogens (tertiary/aromatic N) is 4. The monoisotopic (exact) mass is 643 g/mol. The first-order chi connectivity index (χ1) is 21.9. The van der Waals surface area contributed by atoms with Crippen LogP contribution in [0.1, 0.15) is 25.3 Å². The highest BCUT2D eigenvalue weighted by atomic mass is 33.1. The number of benzene rings is 1. The normalized spacial score (nSPS) is 23.8. The fraction of sp³-hybridized carbons (Fsp3) is 0.405. The molecule has 3 heterocycles. The van der Waals surface area contributed by atoms with Gasteiger partial charge in [0.05, 0.1) is 23.5 Å². The number of morpholine rings is 1. The predicted octanol–water partition coefficient (Wildman–Crippen LogP) is 7.20. The van der Waals surface area contributed by atoms with Crippen LogP contribution in [0.15, 0.2) is 101 Å². The molecule has 0 aromatic heterocycles. The summed E-state index contributed by atoms with van der Waals surface area (Å²) in [5.74, 6) is 4.56. The van der Waals surface area contributed by atoms with Gasteiger partial charge in [-0.15, -0.1) is 0 Å². The van der Waals surface area contributed by atoms with Crippen LogP contribution >= 0.6 is 21.6 Å². The number of hydrogen-bond acceptors (Lipinski definition) is 7. The maximum Gasteiger partial charge on any atom is 0.165 e. The number of fused-ring (bicyclic) bond motifs is 2. The number of allylic oxidation sites excluding steroid dienone is 9. The van der Waals surface area contributed by atoms with Crippen LogP contribution in [-0.2, 0) is 4.74 Å². The van der Waals surface area contributed by atoms with Crippen molar-refractivity contribution in [1.29, 1.82) is 0 Å². The second-order valence-corrected chi connectivity index (χ2v) is 14.6. The molecule has 8 heteroatoms. The first-order valence-electron chi connectivity index (χ1n) is 15.9. The van der Waals surface area contributed by atoms with E-state index in [9.17, 15) is 0 Å². The molecule has 6 nitrogen and oxygen atoms in total. The lowest BCUT2D eigenvalue weighted by Crippen LogP contribution is -2.51. The minimum Gasteiger partial charge on any atom is -0.495 e. The first kappa shape index (κ1) is 33.2. The summed E-state index contributed by atoms with van der Waals surface area (Å²) in [5.41, 5.74) is 4.53. The van der Waals surface area contributed by atoms with Gasteiger partial charge in [-0.1, -0.05) is 70.7 Å². The Bertz CT molecular complexity index is 1450. The largest absolute Gasteiger partial charge is 0.495 e. The lowest BCUT2D eigenvalue weighted by atomic mass is 9.85. The molecule has 5 rings (SSSR count). The van der Waals surface area contributed by atoms with Crippen LogP contribution in [0, 0.1) is 5.92 Å². The highest BCUT2D eigenvalue weighted by Gasteiger charge is 2.38. The summed E-state index contributed by atoms with van der Waals surface area (Å²) in [5, 5.41) is 0. The fourth-order valence-electron chi connectivity index (χ4n) is 5.57. The van der Waals surface area contributed by atoms with Gasteiger partial charge in [-0.2, -0.15) is 0 Å². The van der Waals surface area contributed by atoms with Crippen LogP contribution < -0.4 is 9.64 Å². The van der Waals surface area contributed by atoms with Gasteiger partial charge >= 0.3 is 0 Å². The number of aliphatic imine (C=N–C) groups is 1. The van der Waals surface area contributed by atoms with Crippen LogP contribution in [0.5, 0.6) is 5.75 Å². The molecule has 0 spiro atoms. The number of ether oxygens (including phenoxy) is 2. The lowest BCUT2D eigenvalue weighted by Gasteiger charge is -2.45. The molecule has 0 radical (unpaired) electrons. The molecule has 0 saturated carbocycles. The van der Waals surface area contributed by atoms with Gasteiger partial charge < -0.3 is 14.4 Å². The summed E-state index contributed by atoms with van der Waals surface area (Å²) < 4.78 is 14.2. The molecule has 45 heavy (non-hydrogen) atoms. The zero-order valence-electron chi connectivity index (χ0n) is 26.9. The molecule has 0 bridgehead atoms. The van der Waals surface area contributed by atoms with Crippen LogP contribution in [0.2, 0.25) is 0 Å². The lowest BCUT2D eigenvalue weighted by molar-refractivity contribution is -0.449. The van der Waals surface area contributed by atoms with Gasteiger partial charge in [-0.05, 0) is 67.5 Å². The van der Waals surface area contributed by atoms with Crippen molar-refractivity contribution >= 4 is 45.8 Å². The SMILES string of the molecule is C=CC(/C=C/c1ccc2c(c1)OCCN2C)=C\C=NCCSSCC[N+]1=CCC(/C=C/C2=CCC3(C)C(=C2)OCCN3C)C=C1. The molecule has 1 aliphatic carbocycles. The van der Waals surface area contributed by atoms with Crippen molar-refractivity contribution in [2.75, 3.05) is 69.9 Å². The smallest absolute Gasteiger partial charge is 0.165 e. The van der Waals surface area contributed by atoms with Crippen molar-refractivity contribution in [2.45, 2.75) is 25.3 Å². The van der Waals surface area contributed by atoms with E-state index in [1.54, 1.807) is 0 Å². The van der Waals surface area contributed by atoms with Gasteiger partial charge in [0.2, 0.25) is 0 Å². The van der Waals surface area contributed by atoms with Crippen LogP contribution in [-0.4, -0.2) is 92.4 Å². The van der Waals surface area contributed by atoms with Crippen molar-refractivity contribution in [3.05, 3.63) is 102 Å². The molecule has 238 valence electrons. The van der Waals surface area contributed by atoms with Gasteiger partial charge in [0.15, 0.2) is 12.7 Å². The van der Waals surface area contributed by atoms with Gasteiger partial charge in [0.25, 0.3) is 0 Å². The molecule has 2 unspecified atom stereocenters. The van der Waals surface area contributed by atoms with E-state index in [-0.39, 0.29) is 5.54 Å². The number of rotatable bonds is 13. The minimum atomic E-state index is 0.000487. The zero-order valence-corrected chi connectivity index (χ0v) is 28.6. The maximum absolute atomic E-state index is 6.01. The standard InChI is InChI=1S/C37H47N4O2S2/c1-5-30(6-8-32-10-11-34-35(28-32)42-24-21-39(34)3)13-17-38-18-26-44-45-27-23-41-19-14-31(15-20-41)7-9-33-12-16-37(2)36(29-33)43-25-22-40(37)4/h5-14,17,19-20,28-29,31H,1,15-16,18,21-27H2,2-4H3/q+1/b8-6+,9-7+,30-13+,38-17?. The van der Waals surface area contributed by atoms with Crippen molar-refractivity contribution in [2.24, 2.45) is 10.9 Å². The molecule has 1 aromatic rings. The van der Waals surface area contributed by atoms with E-state index in [1.807, 2.05) is 40.0 Å². The van der Waals surface area contributed by atoms with E-state index < -0.39 is 0 Å². The molecule has 1 saturated heterocycles. The minimum absolute atomic E-state index is 0.000487. The summed E-state index contributed by atoms with van der Waals surface area (Å²) >= 11 is 0. The highest BCUT2D eigenvalue weighted by molar-refractivity contribution is 8.76. The second-order valence-electron chi connectivity index (χ2n) is 11.9. The molecule has 1 aromatic carbocycles. The van der Waals surface area contributed by atoms with E-state index >= 15 is 0 Å². The third-order valence-corrected chi connectivity index (χ3v) is 11.1. The summed E-state index contributed by atoms with van der Waals surface area (Å²) in [4.78, 5) is 9.19. The second kappa shape index (κ2) is 16.4. The zero-order chi connectivity index (χ0) is 31.5. The molecular formula is C37H47N4O2S2+. The van der Waals surface area contributed by atoms with E-state index in [4.69, 9.17) is 9.47 Å². The molecular weight excluding hydrogens is 597 g/mol. The Balaban J connectivity index is 0.950. The predicted molar refractivity (Wildman–Crippen MR) is 196 cm³/mol. The van der Waals surface area contributed by atoms with Crippen molar-refractivity contribution in [1.82, 2.24) is 4.90 Å². The van der Waals surface area contributed by atoms with Crippen molar-refractivity contribution < 1.29 is 14.0 Å². The van der Waals surface area contributed by atoms with Gasteiger partial charge in [0.1, 0.15) is 30.9 Å². The first-order valence-corrected chi connectivity index (χ1v) is 18.4. The van der Waals surface area contributed by atoms with E-state index in [0.717, 1.165) is 92.1 Å². The van der Waals surface area contributed by atoms with E-state index in [2.05, 4.69) is 120 Å². The molecule has 1 fully saturated rings. The summed E-state index contributed by atoms with van der Waals surface area (Å²) in [7, 11) is 8.10. The van der Waals surface area contributed by atoms with Crippen LogP contribution in [0.25, 0.3) is 6.08 Å². The van der Waals surface area contributed by atoms with Crippen LogP contribution in [0.3, 0.4) is 0 Å². The number of anilines is 1. The highest BCUT2D eigenvalue weighted by Crippen LogP contribution is 2.36. The van der Waals surface area contributed by atoms with E-state index in [1.165, 1.54) is 5.57 Å². The average Bonchev–Trinajstić information content (AvgIpc) is 3.05.